The Kier molecular flexibility index (Phi) is 20.4. The van der Waals surface area contributed by atoms with Crippen molar-refractivity contribution in [1.29, 1.82) is 0 Å². The summed E-state index contributed by atoms with van der Waals surface area (Å²) in [5.41, 5.74) is 5.39. The van der Waals surface area contributed by atoms with Gasteiger partial charge in [0.15, 0.2) is 0 Å². The van der Waals surface area contributed by atoms with Crippen LogP contribution >= 0.6 is 11.8 Å². The van der Waals surface area contributed by atoms with Crippen LogP contribution in [0.4, 0.5) is 0 Å². The molecule has 0 aliphatic rings. The van der Waals surface area contributed by atoms with Crippen molar-refractivity contribution in [2.75, 3.05) is 5.75 Å². The molecule has 0 aliphatic heterocycles. The van der Waals surface area contributed by atoms with Gasteiger partial charge in [0.05, 0.1) is 0 Å². The van der Waals surface area contributed by atoms with Crippen LogP contribution in [0.25, 0.3) is 0 Å². The first-order valence-corrected chi connectivity index (χ1v) is 8.76. The van der Waals surface area contributed by atoms with Crippen molar-refractivity contribution in [3.05, 3.63) is 0 Å². The monoisotopic (exact) mass is 308 g/mol. The SMILES string of the molecule is CCCCCCCCCCCCCCSC(N)=[NH2+].[Cl-]. The van der Waals surface area contributed by atoms with E-state index in [0.29, 0.717) is 5.17 Å². The molecule has 0 aliphatic carbocycles. The minimum atomic E-state index is 0. The van der Waals surface area contributed by atoms with E-state index in [9.17, 15) is 0 Å². The average Bonchev–Trinajstić information content (AvgIpc) is 2.34. The molecule has 2 nitrogen and oxygen atoms in total. The molecule has 0 amide bonds. The Hall–Kier alpha value is 0.110. The minimum absolute atomic E-state index is 0. The van der Waals surface area contributed by atoms with Gasteiger partial charge >= 0.3 is 0 Å². The molecule has 0 heterocycles. The van der Waals surface area contributed by atoms with Gasteiger partial charge < -0.3 is 12.4 Å². The topological polar surface area (TPSA) is 51.6 Å². The number of hydrogen-bond donors (Lipinski definition) is 2. The molecule has 0 spiro atoms. The standard InChI is InChI=1S/C15H32N2S.ClH/c1-2-3-4-5-6-7-8-9-10-11-12-13-14-18-15(16)17;/h2-14H2,1H3,(H3,16,17);1H. The summed E-state index contributed by atoms with van der Waals surface area (Å²) >= 11 is 1.58. The molecule has 0 atom stereocenters. The van der Waals surface area contributed by atoms with Crippen molar-refractivity contribution in [2.45, 2.75) is 84.0 Å². The fraction of sp³-hybridized carbons (Fsp3) is 0.933. The largest absolute Gasteiger partial charge is 1.00 e. The van der Waals surface area contributed by atoms with E-state index in [4.69, 9.17) is 11.1 Å². The van der Waals surface area contributed by atoms with Gasteiger partial charge in [-0.15, -0.1) is 0 Å². The lowest BCUT2D eigenvalue weighted by molar-refractivity contribution is -0.110. The van der Waals surface area contributed by atoms with Crippen LogP contribution in [0, 0.1) is 0 Å². The summed E-state index contributed by atoms with van der Waals surface area (Å²) in [5.74, 6) is 1.08. The third-order valence-electron chi connectivity index (χ3n) is 3.27. The van der Waals surface area contributed by atoms with Gasteiger partial charge in [-0.3, -0.25) is 11.1 Å². The molecule has 0 radical (unpaired) electrons. The van der Waals surface area contributed by atoms with Gasteiger partial charge in [-0.1, -0.05) is 77.6 Å². The van der Waals surface area contributed by atoms with E-state index in [1.807, 2.05) is 0 Å². The number of unbranched alkanes of at least 4 members (excludes halogenated alkanes) is 11. The van der Waals surface area contributed by atoms with Crippen LogP contribution in [0.2, 0.25) is 0 Å². The predicted octanol–water partition coefficient (Wildman–Crippen LogP) is 0.499. The number of rotatable bonds is 13. The minimum Gasteiger partial charge on any atom is -1.00 e. The Labute approximate surface area is 130 Å². The lowest BCUT2D eigenvalue weighted by Crippen LogP contribution is -3.00. The number of halogens is 1. The molecule has 0 rings (SSSR count). The molecular formula is C15H33ClN2S. The normalized spacial score (nSPS) is 10.2. The van der Waals surface area contributed by atoms with Gasteiger partial charge in [0.1, 0.15) is 0 Å². The number of nitrogens with two attached hydrogens (primary N) is 2. The summed E-state index contributed by atoms with van der Waals surface area (Å²) in [7, 11) is 0. The van der Waals surface area contributed by atoms with Crippen LogP contribution in [0.3, 0.4) is 0 Å². The second kappa shape index (κ2) is 18.1. The molecule has 0 bridgehead atoms. The number of hydrogen-bond acceptors (Lipinski definition) is 1. The van der Waals surface area contributed by atoms with Gasteiger partial charge in [0.2, 0.25) is 0 Å². The lowest BCUT2D eigenvalue weighted by Gasteiger charge is -2.02. The van der Waals surface area contributed by atoms with Crippen molar-refractivity contribution < 1.29 is 17.8 Å². The summed E-state index contributed by atoms with van der Waals surface area (Å²) in [4.78, 5) is 0. The predicted molar refractivity (Wildman–Crippen MR) is 84.7 cm³/mol. The van der Waals surface area contributed by atoms with E-state index in [1.165, 1.54) is 77.0 Å². The smallest absolute Gasteiger partial charge is 0.299 e. The van der Waals surface area contributed by atoms with Crippen molar-refractivity contribution in [3.8, 4) is 0 Å². The Balaban J connectivity index is 0. The van der Waals surface area contributed by atoms with Crippen molar-refractivity contribution in [1.82, 2.24) is 0 Å². The quantitative estimate of drug-likeness (QED) is 0.296. The summed E-state index contributed by atoms with van der Waals surface area (Å²) in [5, 5.41) is 5.90. The first-order valence-electron chi connectivity index (χ1n) is 7.78. The maximum absolute atomic E-state index is 5.39. The van der Waals surface area contributed by atoms with Gasteiger partial charge in [0, 0.05) is 5.75 Å². The van der Waals surface area contributed by atoms with E-state index in [-0.39, 0.29) is 12.4 Å². The zero-order chi connectivity index (χ0) is 13.5. The fourth-order valence-corrected chi connectivity index (χ4v) is 2.72. The molecule has 0 aromatic heterocycles. The summed E-state index contributed by atoms with van der Waals surface area (Å²) in [6, 6.07) is 0. The van der Waals surface area contributed by atoms with E-state index in [2.05, 4.69) is 6.92 Å². The van der Waals surface area contributed by atoms with E-state index >= 15 is 0 Å². The third-order valence-corrected chi connectivity index (χ3v) is 4.09. The molecule has 0 saturated carbocycles. The Morgan fingerprint density at radius 2 is 1.16 bits per heavy atom. The van der Waals surface area contributed by atoms with Gasteiger partial charge in [-0.05, 0) is 18.2 Å². The zero-order valence-corrected chi connectivity index (χ0v) is 14.2. The molecule has 4 heteroatoms. The molecule has 0 aromatic rings. The van der Waals surface area contributed by atoms with Crippen LogP contribution < -0.4 is 23.5 Å². The van der Waals surface area contributed by atoms with Gasteiger partial charge in [-0.2, -0.15) is 0 Å². The second-order valence-corrected chi connectivity index (χ2v) is 6.31. The maximum Gasteiger partial charge on any atom is 0.299 e. The van der Waals surface area contributed by atoms with Crippen molar-refractivity contribution in [3.63, 3.8) is 0 Å². The third kappa shape index (κ3) is 20.6. The molecule has 0 aromatic carbocycles. The summed E-state index contributed by atoms with van der Waals surface area (Å²) in [6.07, 6.45) is 16.8. The molecule has 0 unspecified atom stereocenters. The number of thioether (sulfide) groups is 1. The van der Waals surface area contributed by atoms with Gasteiger partial charge in [-0.25, -0.2) is 0 Å². The Morgan fingerprint density at radius 1 is 0.789 bits per heavy atom. The van der Waals surface area contributed by atoms with Crippen LogP contribution in [-0.2, 0) is 0 Å². The first kappa shape index (κ1) is 21.4. The Morgan fingerprint density at radius 3 is 1.53 bits per heavy atom. The second-order valence-electron chi connectivity index (χ2n) is 5.14. The maximum atomic E-state index is 5.39. The van der Waals surface area contributed by atoms with Crippen molar-refractivity contribution >= 4 is 16.9 Å². The molecular weight excluding hydrogens is 276 g/mol. The van der Waals surface area contributed by atoms with Gasteiger partial charge in [0.25, 0.3) is 5.17 Å². The van der Waals surface area contributed by atoms with Crippen LogP contribution in [0.15, 0.2) is 0 Å². The zero-order valence-electron chi connectivity index (χ0n) is 12.6. The van der Waals surface area contributed by atoms with Crippen LogP contribution in [0.5, 0.6) is 0 Å². The average molecular weight is 309 g/mol. The lowest BCUT2D eigenvalue weighted by atomic mass is 10.1. The highest BCUT2D eigenvalue weighted by atomic mass is 35.5. The first-order chi connectivity index (χ1) is 8.77. The fourth-order valence-electron chi connectivity index (χ4n) is 2.13. The highest BCUT2D eigenvalue weighted by molar-refractivity contribution is 8.13. The molecule has 116 valence electrons. The summed E-state index contributed by atoms with van der Waals surface area (Å²) < 4.78 is 0. The van der Waals surface area contributed by atoms with Crippen LogP contribution in [0.1, 0.15) is 84.0 Å². The van der Waals surface area contributed by atoms with Crippen molar-refractivity contribution in [2.24, 2.45) is 5.73 Å². The Bertz CT molecular complexity index is 189. The highest BCUT2D eigenvalue weighted by Crippen LogP contribution is 2.12. The number of amidine groups is 1. The summed E-state index contributed by atoms with van der Waals surface area (Å²) in [6.45, 7) is 2.28. The van der Waals surface area contributed by atoms with E-state index in [1.54, 1.807) is 11.8 Å². The van der Waals surface area contributed by atoms with Crippen LogP contribution in [-0.4, -0.2) is 10.9 Å². The van der Waals surface area contributed by atoms with E-state index < -0.39 is 0 Å². The molecule has 0 fully saturated rings. The highest BCUT2D eigenvalue weighted by Gasteiger charge is 1.96. The van der Waals surface area contributed by atoms with E-state index in [0.717, 1.165) is 5.75 Å². The molecule has 4 N–H and O–H groups in total. The molecule has 19 heavy (non-hydrogen) atoms. The molecule has 0 saturated heterocycles.